The van der Waals surface area contributed by atoms with Crippen LogP contribution in [0, 0.1) is 5.92 Å². The molecule has 4 heteroatoms. The molecule has 1 aliphatic rings. The molecule has 0 bridgehead atoms. The highest BCUT2D eigenvalue weighted by Gasteiger charge is 2.21. The van der Waals surface area contributed by atoms with Crippen LogP contribution in [0.25, 0.3) is 0 Å². The molecule has 0 radical (unpaired) electrons. The second kappa shape index (κ2) is 6.55. The molecule has 2 rings (SSSR count). The summed E-state index contributed by atoms with van der Waals surface area (Å²) in [7, 11) is 0. The van der Waals surface area contributed by atoms with Crippen LogP contribution in [0.4, 0.5) is 5.69 Å². The number of carbonyl (C=O) groups excluding carboxylic acids is 1. The third kappa shape index (κ3) is 3.69. The van der Waals surface area contributed by atoms with E-state index in [1.54, 1.807) is 18.3 Å². The Morgan fingerprint density at radius 3 is 3.05 bits per heavy atom. The highest BCUT2D eigenvalue weighted by atomic mass is 16.2. The zero-order valence-corrected chi connectivity index (χ0v) is 11.6. The second-order valence-electron chi connectivity index (χ2n) is 5.35. The number of carbonyl (C=O) groups is 1. The van der Waals surface area contributed by atoms with Crippen molar-refractivity contribution < 1.29 is 4.79 Å². The van der Waals surface area contributed by atoms with Crippen LogP contribution in [0.3, 0.4) is 0 Å². The Morgan fingerprint density at radius 2 is 2.32 bits per heavy atom. The van der Waals surface area contributed by atoms with Crippen LogP contribution in [-0.4, -0.2) is 28.9 Å². The third-order valence-corrected chi connectivity index (χ3v) is 3.83. The van der Waals surface area contributed by atoms with Gasteiger partial charge >= 0.3 is 0 Å². The average Bonchev–Trinajstić information content (AvgIpc) is 2.64. The van der Waals surface area contributed by atoms with E-state index in [1.165, 1.54) is 19.3 Å². The number of nitrogens with zero attached hydrogens (tertiary/aromatic N) is 2. The zero-order chi connectivity index (χ0) is 13.7. The first-order valence-corrected chi connectivity index (χ1v) is 7.21. The van der Waals surface area contributed by atoms with E-state index in [0.29, 0.717) is 11.4 Å². The van der Waals surface area contributed by atoms with Crippen molar-refractivity contribution in [1.82, 2.24) is 9.88 Å². The molecule has 2 N–H and O–H groups in total. The third-order valence-electron chi connectivity index (χ3n) is 3.83. The number of hydrogen-bond acceptors (Lipinski definition) is 3. The van der Waals surface area contributed by atoms with Gasteiger partial charge in [0.1, 0.15) is 5.69 Å². The predicted octanol–water partition coefficient (Wildman–Crippen LogP) is 2.71. The average molecular weight is 261 g/mol. The smallest absolute Gasteiger partial charge is 0.272 e. The van der Waals surface area contributed by atoms with Crippen LogP contribution >= 0.6 is 0 Å². The Labute approximate surface area is 115 Å². The monoisotopic (exact) mass is 261 g/mol. The van der Waals surface area contributed by atoms with E-state index in [-0.39, 0.29) is 5.91 Å². The molecule has 0 spiro atoms. The number of rotatable bonds is 3. The standard InChI is InChI=1S/C15H23N3O/c1-2-4-12-5-3-9-18(10-7-12)15(19)14-11-13(16)6-8-17-14/h6,8,11-12H,2-5,7,9-10H2,1H3,(H2,16,17). The number of aromatic nitrogens is 1. The van der Waals surface area contributed by atoms with Gasteiger partial charge in [-0.15, -0.1) is 0 Å². The fourth-order valence-corrected chi connectivity index (χ4v) is 2.79. The number of amides is 1. The van der Waals surface area contributed by atoms with E-state index in [1.807, 2.05) is 4.90 Å². The van der Waals surface area contributed by atoms with Crippen molar-refractivity contribution >= 4 is 11.6 Å². The highest BCUT2D eigenvalue weighted by Crippen LogP contribution is 2.22. The van der Waals surface area contributed by atoms with Crippen molar-refractivity contribution in [2.75, 3.05) is 18.8 Å². The predicted molar refractivity (Wildman–Crippen MR) is 76.8 cm³/mol. The van der Waals surface area contributed by atoms with E-state index in [9.17, 15) is 4.79 Å². The maximum atomic E-state index is 12.4. The van der Waals surface area contributed by atoms with Crippen LogP contribution in [0.5, 0.6) is 0 Å². The van der Waals surface area contributed by atoms with Gasteiger partial charge in [-0.3, -0.25) is 9.78 Å². The van der Waals surface area contributed by atoms with E-state index >= 15 is 0 Å². The van der Waals surface area contributed by atoms with Crippen molar-refractivity contribution in [3.05, 3.63) is 24.0 Å². The number of likely N-dealkylation sites (tertiary alicyclic amines) is 1. The molecule has 0 aromatic carbocycles. The molecular weight excluding hydrogens is 238 g/mol. The van der Waals surface area contributed by atoms with E-state index < -0.39 is 0 Å². The van der Waals surface area contributed by atoms with Crippen LogP contribution in [0.2, 0.25) is 0 Å². The largest absolute Gasteiger partial charge is 0.399 e. The normalized spacial score (nSPS) is 20.1. The summed E-state index contributed by atoms with van der Waals surface area (Å²) in [6, 6.07) is 3.37. The molecule has 1 aromatic rings. The highest BCUT2D eigenvalue weighted by molar-refractivity contribution is 5.93. The van der Waals surface area contributed by atoms with E-state index in [0.717, 1.165) is 31.8 Å². The lowest BCUT2D eigenvalue weighted by Crippen LogP contribution is -2.32. The Hall–Kier alpha value is -1.58. The van der Waals surface area contributed by atoms with Crippen LogP contribution in [0.1, 0.15) is 49.5 Å². The Balaban J connectivity index is 2.00. The molecule has 0 saturated carbocycles. The van der Waals surface area contributed by atoms with Gasteiger partial charge in [0.2, 0.25) is 0 Å². The van der Waals surface area contributed by atoms with Crippen LogP contribution < -0.4 is 5.73 Å². The molecular formula is C15H23N3O. The molecule has 1 amide bonds. The molecule has 1 unspecified atom stereocenters. The lowest BCUT2D eigenvalue weighted by atomic mass is 9.96. The quantitative estimate of drug-likeness (QED) is 0.910. The van der Waals surface area contributed by atoms with Gasteiger partial charge in [-0.05, 0) is 37.3 Å². The zero-order valence-electron chi connectivity index (χ0n) is 11.6. The number of pyridine rings is 1. The minimum atomic E-state index is 0.0180. The second-order valence-corrected chi connectivity index (χ2v) is 5.35. The fourth-order valence-electron chi connectivity index (χ4n) is 2.79. The summed E-state index contributed by atoms with van der Waals surface area (Å²) in [6.07, 6.45) is 7.55. The van der Waals surface area contributed by atoms with Crippen molar-refractivity contribution in [1.29, 1.82) is 0 Å². The number of nitrogen functional groups attached to an aromatic ring is 1. The Kier molecular flexibility index (Phi) is 4.77. The molecule has 19 heavy (non-hydrogen) atoms. The lowest BCUT2D eigenvalue weighted by molar-refractivity contribution is 0.0754. The molecule has 2 heterocycles. The van der Waals surface area contributed by atoms with Crippen LogP contribution in [-0.2, 0) is 0 Å². The van der Waals surface area contributed by atoms with Crippen molar-refractivity contribution in [3.63, 3.8) is 0 Å². The van der Waals surface area contributed by atoms with E-state index in [4.69, 9.17) is 5.73 Å². The number of hydrogen-bond donors (Lipinski definition) is 1. The van der Waals surface area contributed by atoms with Crippen molar-refractivity contribution in [2.24, 2.45) is 5.92 Å². The van der Waals surface area contributed by atoms with Gasteiger partial charge < -0.3 is 10.6 Å². The molecule has 104 valence electrons. The summed E-state index contributed by atoms with van der Waals surface area (Å²) in [5.41, 5.74) is 6.77. The minimum Gasteiger partial charge on any atom is -0.399 e. The van der Waals surface area contributed by atoms with Crippen LogP contribution in [0.15, 0.2) is 18.3 Å². The lowest BCUT2D eigenvalue weighted by Gasteiger charge is -2.20. The molecule has 1 atom stereocenters. The van der Waals surface area contributed by atoms with Gasteiger partial charge in [-0.1, -0.05) is 19.8 Å². The summed E-state index contributed by atoms with van der Waals surface area (Å²) < 4.78 is 0. The van der Waals surface area contributed by atoms with Gasteiger partial charge in [-0.25, -0.2) is 0 Å². The summed E-state index contributed by atoms with van der Waals surface area (Å²) >= 11 is 0. The summed E-state index contributed by atoms with van der Waals surface area (Å²) in [4.78, 5) is 18.4. The topological polar surface area (TPSA) is 59.2 Å². The first-order chi connectivity index (χ1) is 9.20. The molecule has 1 aliphatic heterocycles. The molecule has 4 nitrogen and oxygen atoms in total. The number of anilines is 1. The summed E-state index contributed by atoms with van der Waals surface area (Å²) in [5, 5.41) is 0. The van der Waals surface area contributed by atoms with Gasteiger partial charge in [-0.2, -0.15) is 0 Å². The van der Waals surface area contributed by atoms with Gasteiger partial charge in [0.15, 0.2) is 0 Å². The first kappa shape index (κ1) is 13.8. The summed E-state index contributed by atoms with van der Waals surface area (Å²) in [5.74, 6) is 0.793. The minimum absolute atomic E-state index is 0.0180. The fraction of sp³-hybridized carbons (Fsp3) is 0.600. The van der Waals surface area contributed by atoms with Crippen molar-refractivity contribution in [3.8, 4) is 0 Å². The first-order valence-electron chi connectivity index (χ1n) is 7.21. The molecule has 1 aromatic heterocycles. The Bertz CT molecular complexity index is 433. The van der Waals surface area contributed by atoms with E-state index in [2.05, 4.69) is 11.9 Å². The molecule has 1 fully saturated rings. The molecule has 0 aliphatic carbocycles. The Morgan fingerprint density at radius 1 is 1.47 bits per heavy atom. The maximum absolute atomic E-state index is 12.4. The summed E-state index contributed by atoms with van der Waals surface area (Å²) in [6.45, 7) is 3.92. The van der Waals surface area contributed by atoms with Gasteiger partial charge in [0.05, 0.1) is 0 Å². The number of nitrogens with two attached hydrogens (primary N) is 1. The van der Waals surface area contributed by atoms with Gasteiger partial charge in [0.25, 0.3) is 5.91 Å². The van der Waals surface area contributed by atoms with Gasteiger partial charge in [0, 0.05) is 25.0 Å². The van der Waals surface area contributed by atoms with Crippen molar-refractivity contribution in [2.45, 2.75) is 39.0 Å². The molecule has 1 saturated heterocycles. The SMILES string of the molecule is CCCC1CCCN(C(=O)c2cc(N)ccn2)CC1. The maximum Gasteiger partial charge on any atom is 0.272 e.